The molecule has 0 bridgehead atoms. The van der Waals surface area contributed by atoms with Crippen LogP contribution in [0.2, 0.25) is 0 Å². The number of amides is 1. The molecule has 5 heteroatoms. The summed E-state index contributed by atoms with van der Waals surface area (Å²) in [6.45, 7) is 2.86. The summed E-state index contributed by atoms with van der Waals surface area (Å²) in [5.74, 6) is 0.136. The molecule has 2 heterocycles. The maximum Gasteiger partial charge on any atom is 0.220 e. The number of aryl methyl sites for hydroxylation is 1. The number of unbranched alkanes of at least 4 members (excludes halogenated alkanes) is 1. The number of ether oxygens (including phenoxy) is 1. The van der Waals surface area contributed by atoms with Gasteiger partial charge in [-0.25, -0.2) is 4.98 Å². The van der Waals surface area contributed by atoms with Crippen molar-refractivity contribution in [3.8, 4) is 0 Å². The zero-order valence-corrected chi connectivity index (χ0v) is 14.4. The summed E-state index contributed by atoms with van der Waals surface area (Å²) >= 11 is 1.76. The van der Waals surface area contributed by atoms with Crippen molar-refractivity contribution in [2.45, 2.75) is 57.6 Å². The number of hydrogen-bond donors (Lipinski definition) is 1. The van der Waals surface area contributed by atoms with E-state index in [0.717, 1.165) is 44.2 Å². The van der Waals surface area contributed by atoms with Gasteiger partial charge >= 0.3 is 0 Å². The summed E-state index contributed by atoms with van der Waals surface area (Å²) < 4.78 is 6.85. The molecule has 23 heavy (non-hydrogen) atoms. The molecule has 0 spiro atoms. The number of rotatable bonds is 7. The minimum absolute atomic E-state index is 0.120. The van der Waals surface area contributed by atoms with Crippen molar-refractivity contribution >= 4 is 27.5 Å². The lowest BCUT2D eigenvalue weighted by atomic mass is 10.1. The number of nitrogens with one attached hydrogen (secondary N) is 1. The van der Waals surface area contributed by atoms with E-state index in [9.17, 15) is 4.79 Å². The van der Waals surface area contributed by atoms with Crippen LogP contribution in [-0.2, 0) is 16.0 Å². The highest BCUT2D eigenvalue weighted by Crippen LogP contribution is 2.23. The van der Waals surface area contributed by atoms with Crippen LogP contribution in [0.4, 0.5) is 0 Å². The number of nitrogens with zero attached hydrogens (tertiary/aromatic N) is 1. The number of fused-ring (bicyclic) bond motifs is 1. The first-order chi connectivity index (χ1) is 11.2. The van der Waals surface area contributed by atoms with Gasteiger partial charge in [0, 0.05) is 13.0 Å². The lowest BCUT2D eigenvalue weighted by Crippen LogP contribution is -2.40. The molecule has 2 atom stereocenters. The van der Waals surface area contributed by atoms with Crippen molar-refractivity contribution in [1.82, 2.24) is 10.3 Å². The molecule has 1 fully saturated rings. The van der Waals surface area contributed by atoms with Gasteiger partial charge in [0.25, 0.3) is 0 Å². The molecule has 0 radical (unpaired) electrons. The number of para-hydroxylation sites is 1. The quantitative estimate of drug-likeness (QED) is 0.787. The number of thiazole rings is 1. The molecule has 1 aromatic heterocycles. The predicted molar refractivity (Wildman–Crippen MR) is 93.8 cm³/mol. The van der Waals surface area contributed by atoms with Crippen LogP contribution in [0.25, 0.3) is 10.2 Å². The highest BCUT2D eigenvalue weighted by molar-refractivity contribution is 7.18. The van der Waals surface area contributed by atoms with Crippen LogP contribution in [0.15, 0.2) is 24.3 Å². The Morgan fingerprint density at radius 2 is 2.30 bits per heavy atom. The van der Waals surface area contributed by atoms with E-state index in [2.05, 4.69) is 22.4 Å². The number of carbonyl (C=O) groups excluding carboxylic acids is 1. The standard InChI is InChI=1S/C18H24N2O2S/c1-13(15-8-6-12-22-15)19-17(21)10-4-5-11-18-20-14-7-2-3-9-16(14)23-18/h2-3,7,9,13,15H,4-6,8,10-12H2,1H3,(H,19,21). The van der Waals surface area contributed by atoms with E-state index in [4.69, 9.17) is 4.74 Å². The first-order valence-electron chi connectivity index (χ1n) is 8.48. The van der Waals surface area contributed by atoms with Gasteiger partial charge in [0.05, 0.1) is 27.4 Å². The zero-order chi connectivity index (χ0) is 16.1. The summed E-state index contributed by atoms with van der Waals surface area (Å²) in [6.07, 6.45) is 5.80. The Kier molecular flexibility index (Phi) is 5.62. The largest absolute Gasteiger partial charge is 0.376 e. The summed E-state index contributed by atoms with van der Waals surface area (Å²) in [7, 11) is 0. The van der Waals surface area contributed by atoms with Crippen molar-refractivity contribution < 1.29 is 9.53 Å². The molecule has 3 rings (SSSR count). The first-order valence-corrected chi connectivity index (χ1v) is 9.29. The fourth-order valence-electron chi connectivity index (χ4n) is 3.00. The van der Waals surface area contributed by atoms with Gasteiger partial charge in [-0.2, -0.15) is 0 Å². The van der Waals surface area contributed by atoms with E-state index in [-0.39, 0.29) is 18.1 Å². The lowest BCUT2D eigenvalue weighted by Gasteiger charge is -2.19. The summed E-state index contributed by atoms with van der Waals surface area (Å²) in [5, 5.41) is 4.23. The lowest BCUT2D eigenvalue weighted by molar-refractivity contribution is -0.122. The molecule has 4 nitrogen and oxygen atoms in total. The Morgan fingerprint density at radius 1 is 1.43 bits per heavy atom. The Hall–Kier alpha value is -1.46. The van der Waals surface area contributed by atoms with Gasteiger partial charge in [-0.1, -0.05) is 12.1 Å². The fraction of sp³-hybridized carbons (Fsp3) is 0.556. The van der Waals surface area contributed by atoms with Crippen LogP contribution in [-0.4, -0.2) is 29.6 Å². The molecule has 0 aliphatic carbocycles. The smallest absolute Gasteiger partial charge is 0.220 e. The van der Waals surface area contributed by atoms with Gasteiger partial charge in [0.2, 0.25) is 5.91 Å². The minimum Gasteiger partial charge on any atom is -0.376 e. The van der Waals surface area contributed by atoms with Gasteiger partial charge in [-0.05, 0) is 51.2 Å². The molecule has 1 aliphatic rings. The average molecular weight is 332 g/mol. The third kappa shape index (κ3) is 4.52. The summed E-state index contributed by atoms with van der Waals surface area (Å²) in [5.41, 5.74) is 1.08. The number of carbonyl (C=O) groups is 1. The van der Waals surface area contributed by atoms with Crippen LogP contribution in [0, 0.1) is 0 Å². The maximum absolute atomic E-state index is 12.0. The van der Waals surface area contributed by atoms with Crippen molar-refractivity contribution in [2.75, 3.05) is 6.61 Å². The van der Waals surface area contributed by atoms with Crippen molar-refractivity contribution in [3.63, 3.8) is 0 Å². The molecule has 1 aromatic carbocycles. The van der Waals surface area contributed by atoms with Crippen molar-refractivity contribution in [2.24, 2.45) is 0 Å². The third-order valence-electron chi connectivity index (χ3n) is 4.29. The Bertz CT molecular complexity index is 616. The van der Waals surface area contributed by atoms with Crippen LogP contribution in [0.1, 0.15) is 44.0 Å². The second-order valence-corrected chi connectivity index (χ2v) is 7.31. The third-order valence-corrected chi connectivity index (χ3v) is 5.39. The SMILES string of the molecule is CC(NC(=O)CCCCc1nc2ccccc2s1)C1CCCO1. The maximum atomic E-state index is 12.0. The van der Waals surface area contributed by atoms with Crippen LogP contribution in [0.3, 0.4) is 0 Å². The van der Waals surface area contributed by atoms with Crippen molar-refractivity contribution in [1.29, 1.82) is 0 Å². The molecular weight excluding hydrogens is 308 g/mol. The fourth-order valence-corrected chi connectivity index (χ4v) is 4.01. The summed E-state index contributed by atoms with van der Waals surface area (Å²) in [6, 6.07) is 8.34. The van der Waals surface area contributed by atoms with E-state index in [0.29, 0.717) is 6.42 Å². The number of hydrogen-bond acceptors (Lipinski definition) is 4. The average Bonchev–Trinajstić information content (AvgIpc) is 3.20. The number of aromatic nitrogens is 1. The second-order valence-electron chi connectivity index (χ2n) is 6.19. The van der Waals surface area contributed by atoms with Gasteiger partial charge in [-0.3, -0.25) is 4.79 Å². The molecule has 124 valence electrons. The Labute approximate surface area is 141 Å². The molecule has 1 amide bonds. The highest BCUT2D eigenvalue weighted by atomic mass is 32.1. The molecular formula is C18H24N2O2S. The highest BCUT2D eigenvalue weighted by Gasteiger charge is 2.23. The molecule has 0 saturated carbocycles. The topological polar surface area (TPSA) is 51.2 Å². The molecule has 1 aliphatic heterocycles. The van der Waals surface area contributed by atoms with E-state index in [1.807, 2.05) is 19.1 Å². The number of benzene rings is 1. The van der Waals surface area contributed by atoms with E-state index < -0.39 is 0 Å². The van der Waals surface area contributed by atoms with Gasteiger partial charge < -0.3 is 10.1 Å². The first kappa shape index (κ1) is 16.4. The van der Waals surface area contributed by atoms with E-state index >= 15 is 0 Å². The zero-order valence-electron chi connectivity index (χ0n) is 13.6. The van der Waals surface area contributed by atoms with Crippen LogP contribution >= 0.6 is 11.3 Å². The van der Waals surface area contributed by atoms with Gasteiger partial charge in [-0.15, -0.1) is 11.3 Å². The normalized spacial score (nSPS) is 19.1. The van der Waals surface area contributed by atoms with Gasteiger partial charge in [0.15, 0.2) is 0 Å². The van der Waals surface area contributed by atoms with Crippen LogP contribution < -0.4 is 5.32 Å². The molecule has 1 saturated heterocycles. The van der Waals surface area contributed by atoms with E-state index in [1.165, 1.54) is 9.71 Å². The summed E-state index contributed by atoms with van der Waals surface area (Å²) in [4.78, 5) is 16.6. The van der Waals surface area contributed by atoms with E-state index in [1.54, 1.807) is 11.3 Å². The van der Waals surface area contributed by atoms with Gasteiger partial charge in [0.1, 0.15) is 0 Å². The molecule has 2 aromatic rings. The Balaban J connectivity index is 1.36. The van der Waals surface area contributed by atoms with Crippen molar-refractivity contribution in [3.05, 3.63) is 29.3 Å². The monoisotopic (exact) mass is 332 g/mol. The Morgan fingerprint density at radius 3 is 3.09 bits per heavy atom. The minimum atomic E-state index is 0.120. The predicted octanol–water partition coefficient (Wildman–Crippen LogP) is 3.69. The molecule has 1 N–H and O–H groups in total. The van der Waals surface area contributed by atoms with Crippen LogP contribution in [0.5, 0.6) is 0 Å². The molecule has 2 unspecified atom stereocenters. The second kappa shape index (κ2) is 7.88.